The van der Waals surface area contributed by atoms with Crippen LogP contribution in [0.5, 0.6) is 0 Å². The fraction of sp³-hybridized carbons (Fsp3) is 0.200. The smallest absolute Gasteiger partial charge is 0.261 e. The van der Waals surface area contributed by atoms with Gasteiger partial charge in [0.25, 0.3) is 10.0 Å². The Labute approximate surface area is 181 Å². The Hall–Kier alpha value is -3.12. The summed E-state index contributed by atoms with van der Waals surface area (Å²) < 4.78 is 42.1. The van der Waals surface area contributed by atoms with Crippen molar-refractivity contribution in [3.63, 3.8) is 0 Å². The van der Waals surface area contributed by atoms with Gasteiger partial charge in [0, 0.05) is 17.3 Å². The van der Waals surface area contributed by atoms with Crippen molar-refractivity contribution in [2.75, 3.05) is 10.0 Å². The van der Waals surface area contributed by atoms with Crippen molar-refractivity contribution in [2.24, 2.45) is 5.92 Å². The summed E-state index contributed by atoms with van der Waals surface area (Å²) in [6.07, 6.45) is 5.19. The Morgan fingerprint density at radius 2 is 1.84 bits per heavy atom. The monoisotopic (exact) mass is 434 g/mol. The van der Waals surface area contributed by atoms with E-state index in [1.54, 1.807) is 24.3 Å². The predicted octanol–water partition coefficient (Wildman–Crippen LogP) is 5.76. The van der Waals surface area contributed by atoms with E-state index in [-0.39, 0.29) is 28.6 Å². The SMILES string of the molecule is Cc1cccc(NS(=O)(=O)c2ccc3c(c2)[C@@H]2C=CC[C@@H]2[C@H](c2ccc(F)cc2)N3)c1. The summed E-state index contributed by atoms with van der Waals surface area (Å²) in [4.78, 5) is 0.244. The van der Waals surface area contributed by atoms with E-state index in [0.717, 1.165) is 28.8 Å². The second kappa shape index (κ2) is 7.54. The van der Waals surface area contributed by atoms with Gasteiger partial charge in [0.15, 0.2) is 0 Å². The molecule has 158 valence electrons. The number of fused-ring (bicyclic) bond motifs is 3. The highest BCUT2D eigenvalue weighted by Crippen LogP contribution is 2.50. The summed E-state index contributed by atoms with van der Waals surface area (Å²) in [6.45, 7) is 1.92. The zero-order valence-corrected chi connectivity index (χ0v) is 17.9. The second-order valence-electron chi connectivity index (χ2n) is 8.25. The highest BCUT2D eigenvalue weighted by Gasteiger charge is 2.38. The summed E-state index contributed by atoms with van der Waals surface area (Å²) in [5.41, 5.74) is 4.45. The van der Waals surface area contributed by atoms with Crippen LogP contribution in [0.25, 0.3) is 0 Å². The molecule has 1 aliphatic heterocycles. The van der Waals surface area contributed by atoms with Crippen molar-refractivity contribution >= 4 is 21.4 Å². The molecule has 3 aromatic rings. The molecule has 4 nitrogen and oxygen atoms in total. The Kier molecular flexibility index (Phi) is 4.82. The van der Waals surface area contributed by atoms with Crippen LogP contribution >= 0.6 is 0 Å². The zero-order valence-electron chi connectivity index (χ0n) is 17.0. The van der Waals surface area contributed by atoms with Gasteiger partial charge in [0.05, 0.1) is 10.9 Å². The number of allylic oxidation sites excluding steroid dienone is 2. The van der Waals surface area contributed by atoms with E-state index in [9.17, 15) is 12.8 Å². The summed E-state index contributed by atoms with van der Waals surface area (Å²) in [5, 5.41) is 3.56. The van der Waals surface area contributed by atoms with Gasteiger partial charge in [-0.25, -0.2) is 12.8 Å². The average molecular weight is 435 g/mol. The van der Waals surface area contributed by atoms with E-state index in [2.05, 4.69) is 22.2 Å². The highest BCUT2D eigenvalue weighted by molar-refractivity contribution is 7.92. The lowest BCUT2D eigenvalue weighted by molar-refractivity contribution is 0.424. The number of aryl methyl sites for hydroxylation is 1. The lowest BCUT2D eigenvalue weighted by Crippen LogP contribution is -2.29. The van der Waals surface area contributed by atoms with E-state index in [0.29, 0.717) is 5.69 Å². The van der Waals surface area contributed by atoms with E-state index in [1.165, 1.54) is 12.1 Å². The van der Waals surface area contributed by atoms with E-state index in [4.69, 9.17) is 0 Å². The van der Waals surface area contributed by atoms with Crippen molar-refractivity contribution in [1.82, 2.24) is 0 Å². The first-order valence-electron chi connectivity index (χ1n) is 10.3. The minimum Gasteiger partial charge on any atom is -0.378 e. The van der Waals surface area contributed by atoms with Gasteiger partial charge in [-0.2, -0.15) is 0 Å². The third kappa shape index (κ3) is 3.72. The first-order chi connectivity index (χ1) is 14.9. The standard InChI is InChI=1S/C25H23FN2O2S/c1-16-4-2-5-19(14-16)28-31(29,30)20-12-13-24-23(15-20)21-6-3-7-22(21)25(27-24)17-8-10-18(26)11-9-17/h2-6,8-15,21-22,25,27-28H,7H2,1H3/t21-,22+,25+/m1/s1. The molecule has 2 N–H and O–H groups in total. The topological polar surface area (TPSA) is 58.2 Å². The molecule has 6 heteroatoms. The third-order valence-electron chi connectivity index (χ3n) is 6.14. The van der Waals surface area contributed by atoms with E-state index >= 15 is 0 Å². The van der Waals surface area contributed by atoms with Gasteiger partial charge in [-0.05, 0) is 78.4 Å². The molecule has 1 heterocycles. The Balaban J connectivity index is 1.49. The molecule has 0 spiro atoms. The average Bonchev–Trinajstić information content (AvgIpc) is 3.23. The molecule has 3 atom stereocenters. The first-order valence-corrected chi connectivity index (χ1v) is 11.8. The molecule has 0 unspecified atom stereocenters. The number of hydrogen-bond donors (Lipinski definition) is 2. The molecule has 0 radical (unpaired) electrons. The summed E-state index contributed by atoms with van der Waals surface area (Å²) in [7, 11) is -3.71. The number of nitrogens with one attached hydrogen (secondary N) is 2. The lowest BCUT2D eigenvalue weighted by Gasteiger charge is -2.37. The molecular formula is C25H23FN2O2S. The zero-order chi connectivity index (χ0) is 21.6. The quantitative estimate of drug-likeness (QED) is 0.513. The molecule has 0 saturated carbocycles. The number of anilines is 2. The van der Waals surface area contributed by atoms with Crippen LogP contribution in [0.3, 0.4) is 0 Å². The van der Waals surface area contributed by atoms with E-state index < -0.39 is 10.0 Å². The van der Waals surface area contributed by atoms with Gasteiger partial charge in [-0.1, -0.05) is 36.4 Å². The molecule has 0 fully saturated rings. The minimum absolute atomic E-state index is 0.0426. The lowest BCUT2D eigenvalue weighted by atomic mass is 9.77. The maximum absolute atomic E-state index is 13.4. The summed E-state index contributed by atoms with van der Waals surface area (Å²) in [5.74, 6) is 0.109. The van der Waals surface area contributed by atoms with Crippen LogP contribution in [0.1, 0.15) is 35.1 Å². The van der Waals surface area contributed by atoms with Gasteiger partial charge in [0.2, 0.25) is 0 Å². The largest absolute Gasteiger partial charge is 0.378 e. The molecule has 5 rings (SSSR count). The fourth-order valence-corrected chi connectivity index (χ4v) is 5.75. The molecule has 0 saturated heterocycles. The minimum atomic E-state index is -3.71. The number of halogens is 1. The van der Waals surface area contributed by atoms with Crippen LogP contribution in [0.15, 0.2) is 83.8 Å². The van der Waals surface area contributed by atoms with Crippen LogP contribution < -0.4 is 10.0 Å². The molecule has 3 aromatic carbocycles. The predicted molar refractivity (Wildman–Crippen MR) is 121 cm³/mol. The van der Waals surface area contributed by atoms with Gasteiger partial charge < -0.3 is 5.32 Å². The van der Waals surface area contributed by atoms with Gasteiger partial charge in [-0.3, -0.25) is 4.72 Å². The van der Waals surface area contributed by atoms with Crippen LogP contribution in [-0.2, 0) is 10.0 Å². The molecule has 2 aliphatic rings. The van der Waals surface area contributed by atoms with Crippen molar-refractivity contribution < 1.29 is 12.8 Å². The molecule has 31 heavy (non-hydrogen) atoms. The van der Waals surface area contributed by atoms with E-state index in [1.807, 2.05) is 37.3 Å². The Bertz CT molecular complexity index is 1270. The number of sulfonamides is 1. The Morgan fingerprint density at radius 3 is 2.61 bits per heavy atom. The number of rotatable bonds is 4. The normalized spacial score (nSPS) is 21.8. The third-order valence-corrected chi connectivity index (χ3v) is 7.52. The Morgan fingerprint density at radius 1 is 1.03 bits per heavy atom. The summed E-state index contributed by atoms with van der Waals surface area (Å²) >= 11 is 0. The van der Waals surface area contributed by atoms with Crippen LogP contribution in [0.4, 0.5) is 15.8 Å². The van der Waals surface area contributed by atoms with Crippen molar-refractivity contribution in [3.8, 4) is 0 Å². The number of benzene rings is 3. The molecule has 0 bridgehead atoms. The van der Waals surface area contributed by atoms with Gasteiger partial charge in [-0.15, -0.1) is 0 Å². The van der Waals surface area contributed by atoms with Crippen molar-refractivity contribution in [3.05, 3.63) is 101 Å². The fourth-order valence-electron chi connectivity index (χ4n) is 4.66. The van der Waals surface area contributed by atoms with Crippen LogP contribution in [0, 0.1) is 18.7 Å². The first kappa shape index (κ1) is 19.8. The van der Waals surface area contributed by atoms with Crippen molar-refractivity contribution in [2.45, 2.75) is 30.2 Å². The molecular weight excluding hydrogens is 411 g/mol. The second-order valence-corrected chi connectivity index (χ2v) is 9.93. The molecule has 0 aromatic heterocycles. The highest BCUT2D eigenvalue weighted by atomic mass is 32.2. The maximum Gasteiger partial charge on any atom is 0.261 e. The molecule has 1 aliphatic carbocycles. The molecule has 0 amide bonds. The van der Waals surface area contributed by atoms with Crippen molar-refractivity contribution in [1.29, 1.82) is 0 Å². The van der Waals surface area contributed by atoms with Crippen LogP contribution in [0.2, 0.25) is 0 Å². The van der Waals surface area contributed by atoms with Crippen LogP contribution in [-0.4, -0.2) is 8.42 Å². The maximum atomic E-state index is 13.4. The number of hydrogen-bond acceptors (Lipinski definition) is 3. The van der Waals surface area contributed by atoms with Gasteiger partial charge in [0.1, 0.15) is 5.82 Å². The summed E-state index contributed by atoms with van der Waals surface area (Å²) in [6, 6.07) is 19.2. The van der Waals surface area contributed by atoms with Gasteiger partial charge >= 0.3 is 0 Å².